The van der Waals surface area contributed by atoms with Crippen LogP contribution in [0.4, 0.5) is 0 Å². The average molecular weight is 376 g/mol. The van der Waals surface area contributed by atoms with Gasteiger partial charge >= 0.3 is 0 Å². The molecule has 1 fully saturated rings. The van der Waals surface area contributed by atoms with Gasteiger partial charge in [-0.3, -0.25) is 4.90 Å². The molecule has 0 radical (unpaired) electrons. The van der Waals surface area contributed by atoms with E-state index in [-0.39, 0.29) is 0 Å². The van der Waals surface area contributed by atoms with Gasteiger partial charge in [-0.25, -0.2) is 4.98 Å². The van der Waals surface area contributed by atoms with Crippen molar-refractivity contribution in [3.63, 3.8) is 0 Å². The zero-order chi connectivity index (χ0) is 19.3. The quantitative estimate of drug-likeness (QED) is 0.616. The largest absolute Gasteiger partial charge is 0.497 e. The van der Waals surface area contributed by atoms with Gasteiger partial charge in [0.1, 0.15) is 11.6 Å². The molecule has 1 aliphatic rings. The van der Waals surface area contributed by atoms with Crippen LogP contribution in [-0.2, 0) is 19.5 Å². The highest BCUT2D eigenvalue weighted by Gasteiger charge is 2.24. The second kappa shape index (κ2) is 8.61. The van der Waals surface area contributed by atoms with Crippen LogP contribution in [0, 0.1) is 12.8 Å². The summed E-state index contributed by atoms with van der Waals surface area (Å²) in [5, 5.41) is 0. The molecule has 4 heteroatoms. The minimum Gasteiger partial charge on any atom is -0.497 e. The lowest BCUT2D eigenvalue weighted by Gasteiger charge is -2.17. The van der Waals surface area contributed by atoms with E-state index in [1.807, 2.05) is 12.3 Å². The molecule has 1 aliphatic heterocycles. The topological polar surface area (TPSA) is 30.3 Å². The van der Waals surface area contributed by atoms with Gasteiger partial charge in [0.05, 0.1) is 7.11 Å². The average Bonchev–Trinajstić information content (AvgIpc) is 3.30. The predicted molar refractivity (Wildman–Crippen MR) is 113 cm³/mol. The second-order valence-corrected chi connectivity index (χ2v) is 7.83. The molecule has 1 aromatic heterocycles. The third-order valence-corrected chi connectivity index (χ3v) is 5.70. The van der Waals surface area contributed by atoms with E-state index in [1.54, 1.807) is 7.11 Å². The Hall–Kier alpha value is -2.59. The third-order valence-electron chi connectivity index (χ3n) is 5.70. The van der Waals surface area contributed by atoms with Crippen molar-refractivity contribution in [3.8, 4) is 5.75 Å². The number of ether oxygens (including phenoxy) is 1. The Labute approximate surface area is 167 Å². The summed E-state index contributed by atoms with van der Waals surface area (Å²) in [4.78, 5) is 7.29. The molecule has 4 nitrogen and oxygen atoms in total. The van der Waals surface area contributed by atoms with Crippen LogP contribution in [0.3, 0.4) is 0 Å². The molecule has 3 aromatic rings. The number of aryl methyl sites for hydroxylation is 1. The molecule has 1 unspecified atom stereocenters. The SMILES string of the molecule is COc1cccc(CN2CCC(Cc3ncc(C)n3Cc3ccccc3)C2)c1. The van der Waals surface area contributed by atoms with Gasteiger partial charge in [0.2, 0.25) is 0 Å². The summed E-state index contributed by atoms with van der Waals surface area (Å²) in [6, 6.07) is 19.1. The van der Waals surface area contributed by atoms with E-state index in [2.05, 4.69) is 64.9 Å². The molecule has 0 amide bonds. The van der Waals surface area contributed by atoms with Gasteiger partial charge in [0.25, 0.3) is 0 Å². The van der Waals surface area contributed by atoms with Crippen LogP contribution in [0.15, 0.2) is 60.8 Å². The number of rotatable bonds is 7. The van der Waals surface area contributed by atoms with Gasteiger partial charge in [-0.2, -0.15) is 0 Å². The molecule has 0 aliphatic carbocycles. The van der Waals surface area contributed by atoms with Crippen molar-refractivity contribution < 1.29 is 4.74 Å². The number of hydrogen-bond acceptors (Lipinski definition) is 3. The first kappa shape index (κ1) is 18.8. The number of imidazole rings is 1. The highest BCUT2D eigenvalue weighted by atomic mass is 16.5. The minimum absolute atomic E-state index is 0.668. The van der Waals surface area contributed by atoms with Gasteiger partial charge < -0.3 is 9.30 Å². The van der Waals surface area contributed by atoms with Gasteiger partial charge in [-0.05, 0) is 49.1 Å². The smallest absolute Gasteiger partial charge is 0.119 e. The highest BCUT2D eigenvalue weighted by Crippen LogP contribution is 2.24. The lowest BCUT2D eigenvalue weighted by Crippen LogP contribution is -2.21. The normalized spacial score (nSPS) is 17.1. The van der Waals surface area contributed by atoms with Gasteiger partial charge in [0.15, 0.2) is 0 Å². The molecule has 28 heavy (non-hydrogen) atoms. The van der Waals surface area contributed by atoms with E-state index < -0.39 is 0 Å². The molecule has 1 atom stereocenters. The predicted octanol–water partition coefficient (Wildman–Crippen LogP) is 4.31. The summed E-state index contributed by atoms with van der Waals surface area (Å²) in [5.74, 6) is 2.82. The van der Waals surface area contributed by atoms with Crippen molar-refractivity contribution in [1.29, 1.82) is 0 Å². The molecular weight excluding hydrogens is 346 g/mol. The lowest BCUT2D eigenvalue weighted by atomic mass is 10.0. The van der Waals surface area contributed by atoms with Crippen molar-refractivity contribution in [3.05, 3.63) is 83.4 Å². The van der Waals surface area contributed by atoms with Crippen molar-refractivity contribution >= 4 is 0 Å². The Bertz CT molecular complexity index is 903. The van der Waals surface area contributed by atoms with Gasteiger partial charge in [-0.15, -0.1) is 0 Å². The van der Waals surface area contributed by atoms with E-state index in [9.17, 15) is 0 Å². The number of hydrogen-bond donors (Lipinski definition) is 0. The van der Waals surface area contributed by atoms with Crippen molar-refractivity contribution in [2.45, 2.75) is 32.9 Å². The summed E-state index contributed by atoms with van der Waals surface area (Å²) in [6.45, 7) is 6.34. The molecule has 0 N–H and O–H groups in total. The van der Waals surface area contributed by atoms with E-state index in [4.69, 9.17) is 9.72 Å². The van der Waals surface area contributed by atoms with E-state index >= 15 is 0 Å². The second-order valence-electron chi connectivity index (χ2n) is 7.83. The maximum absolute atomic E-state index is 5.35. The number of aromatic nitrogens is 2. The summed E-state index contributed by atoms with van der Waals surface area (Å²) in [5.41, 5.74) is 3.89. The number of likely N-dealkylation sites (tertiary alicyclic amines) is 1. The minimum atomic E-state index is 0.668. The summed E-state index contributed by atoms with van der Waals surface area (Å²) in [7, 11) is 1.73. The summed E-state index contributed by atoms with van der Waals surface area (Å²) < 4.78 is 7.73. The van der Waals surface area contributed by atoms with Crippen molar-refractivity contribution in [1.82, 2.24) is 14.5 Å². The first-order valence-corrected chi connectivity index (χ1v) is 10.1. The molecule has 0 spiro atoms. The Balaban J connectivity index is 1.38. The lowest BCUT2D eigenvalue weighted by molar-refractivity contribution is 0.314. The van der Waals surface area contributed by atoms with Crippen LogP contribution in [0.5, 0.6) is 5.75 Å². The number of methoxy groups -OCH3 is 1. The Kier molecular flexibility index (Phi) is 5.77. The first-order chi connectivity index (χ1) is 13.7. The summed E-state index contributed by atoms with van der Waals surface area (Å²) >= 11 is 0. The van der Waals surface area contributed by atoms with Crippen LogP contribution in [0.25, 0.3) is 0 Å². The zero-order valence-electron chi connectivity index (χ0n) is 16.8. The highest BCUT2D eigenvalue weighted by molar-refractivity contribution is 5.28. The molecule has 146 valence electrons. The maximum atomic E-state index is 5.35. The Morgan fingerprint density at radius 3 is 2.68 bits per heavy atom. The van der Waals surface area contributed by atoms with Crippen molar-refractivity contribution in [2.24, 2.45) is 5.92 Å². The molecule has 2 heterocycles. The zero-order valence-corrected chi connectivity index (χ0v) is 16.8. The fraction of sp³-hybridized carbons (Fsp3) is 0.375. The monoisotopic (exact) mass is 375 g/mol. The molecule has 0 bridgehead atoms. The fourth-order valence-electron chi connectivity index (χ4n) is 4.17. The van der Waals surface area contributed by atoms with Gasteiger partial charge in [0, 0.05) is 37.9 Å². The molecule has 4 rings (SSSR count). The fourth-order valence-corrected chi connectivity index (χ4v) is 4.17. The van der Waals surface area contributed by atoms with Gasteiger partial charge in [-0.1, -0.05) is 42.5 Å². The molecular formula is C24H29N3O. The van der Waals surface area contributed by atoms with Crippen LogP contribution in [-0.4, -0.2) is 34.7 Å². The summed E-state index contributed by atoms with van der Waals surface area (Å²) in [6.07, 6.45) is 4.30. The van der Waals surface area contributed by atoms with E-state index in [0.29, 0.717) is 5.92 Å². The number of benzene rings is 2. The van der Waals surface area contributed by atoms with Crippen LogP contribution in [0.2, 0.25) is 0 Å². The van der Waals surface area contributed by atoms with E-state index in [0.717, 1.165) is 38.3 Å². The van der Waals surface area contributed by atoms with E-state index in [1.165, 1.54) is 29.1 Å². The Morgan fingerprint density at radius 2 is 1.86 bits per heavy atom. The maximum Gasteiger partial charge on any atom is 0.119 e. The van der Waals surface area contributed by atoms with Crippen LogP contribution < -0.4 is 4.74 Å². The molecule has 1 saturated heterocycles. The Morgan fingerprint density at radius 1 is 1.04 bits per heavy atom. The third kappa shape index (κ3) is 4.45. The first-order valence-electron chi connectivity index (χ1n) is 10.1. The molecule has 2 aromatic carbocycles. The standard InChI is InChI=1S/C24H29N3O/c1-19-15-25-24(27(19)18-20-7-4-3-5-8-20)14-22-11-12-26(17-22)16-21-9-6-10-23(13-21)28-2/h3-10,13,15,22H,11-12,14,16-18H2,1-2H3. The number of nitrogens with zero attached hydrogens (tertiary/aromatic N) is 3. The van der Waals surface area contributed by atoms with Crippen LogP contribution in [0.1, 0.15) is 29.1 Å². The van der Waals surface area contributed by atoms with Crippen LogP contribution >= 0.6 is 0 Å². The molecule has 0 saturated carbocycles. The van der Waals surface area contributed by atoms with Crippen molar-refractivity contribution in [2.75, 3.05) is 20.2 Å².